The van der Waals surface area contributed by atoms with Crippen LogP contribution in [0.2, 0.25) is 0 Å². The Morgan fingerprint density at radius 1 is 1.19 bits per heavy atom. The molecule has 0 radical (unpaired) electrons. The second-order valence-electron chi connectivity index (χ2n) is 5.40. The number of rotatable bonds is 3. The number of halogens is 1. The molecular formula is C17H9FN4O3S. The van der Waals surface area contributed by atoms with Crippen molar-refractivity contribution in [1.82, 2.24) is 14.6 Å². The van der Waals surface area contributed by atoms with Gasteiger partial charge in [0.25, 0.3) is 11.2 Å². The summed E-state index contributed by atoms with van der Waals surface area (Å²) in [6.07, 6.45) is 1.56. The largest absolute Gasteiger partial charge is 0.291 e. The number of non-ortho nitro benzene ring substituents is 1. The van der Waals surface area contributed by atoms with Gasteiger partial charge in [0.15, 0.2) is 5.82 Å². The molecule has 4 aromatic rings. The predicted octanol–water partition coefficient (Wildman–Crippen LogP) is 2.41. The smallest absolute Gasteiger partial charge is 0.266 e. The molecule has 0 amide bonds. The van der Waals surface area contributed by atoms with Gasteiger partial charge >= 0.3 is 0 Å². The SMILES string of the molecule is O=c1c(=Cc2cccc([N+](=O)[O-])c2)sc2nc(-c3ccc(F)cc3)nn12. The van der Waals surface area contributed by atoms with Gasteiger partial charge in [-0.1, -0.05) is 23.5 Å². The summed E-state index contributed by atoms with van der Waals surface area (Å²) in [5.74, 6) is -0.0385. The fourth-order valence-electron chi connectivity index (χ4n) is 2.43. The first kappa shape index (κ1) is 16.0. The molecule has 9 heteroatoms. The van der Waals surface area contributed by atoms with Gasteiger partial charge in [0.05, 0.1) is 9.46 Å². The minimum absolute atomic E-state index is 0.0516. The van der Waals surface area contributed by atoms with Gasteiger partial charge in [0.2, 0.25) is 4.96 Å². The molecular weight excluding hydrogens is 359 g/mol. The van der Waals surface area contributed by atoms with Crippen LogP contribution < -0.4 is 10.1 Å². The molecule has 0 bridgehead atoms. The zero-order valence-electron chi connectivity index (χ0n) is 13.0. The molecule has 0 aliphatic rings. The Balaban J connectivity index is 1.78. The van der Waals surface area contributed by atoms with E-state index in [9.17, 15) is 19.3 Å². The molecule has 26 heavy (non-hydrogen) atoms. The Labute approximate surface area is 148 Å². The van der Waals surface area contributed by atoms with Crippen molar-refractivity contribution in [3.8, 4) is 11.4 Å². The van der Waals surface area contributed by atoms with Crippen molar-refractivity contribution >= 4 is 28.1 Å². The number of fused-ring (bicyclic) bond motifs is 1. The molecule has 0 unspecified atom stereocenters. The van der Waals surface area contributed by atoms with Crippen LogP contribution >= 0.6 is 11.3 Å². The molecule has 0 spiro atoms. The molecule has 0 fully saturated rings. The Bertz CT molecular complexity index is 1250. The molecule has 0 aliphatic carbocycles. The number of nitrogens with zero attached hydrogens (tertiary/aromatic N) is 4. The quantitative estimate of drug-likeness (QED) is 0.409. The van der Waals surface area contributed by atoms with Crippen LogP contribution in [0.25, 0.3) is 22.4 Å². The molecule has 4 rings (SSSR count). The monoisotopic (exact) mass is 368 g/mol. The Kier molecular flexibility index (Phi) is 3.77. The standard InChI is InChI=1S/C17H9FN4O3S/c18-12-6-4-11(5-7-12)15-19-17-21(20-15)16(23)14(26-17)9-10-2-1-3-13(8-10)22(24)25/h1-9H. The maximum absolute atomic E-state index is 13.0. The van der Waals surface area contributed by atoms with Crippen LogP contribution in [0.4, 0.5) is 10.1 Å². The fraction of sp³-hybridized carbons (Fsp3) is 0. The summed E-state index contributed by atoms with van der Waals surface area (Å²) in [7, 11) is 0. The average Bonchev–Trinajstić information content (AvgIpc) is 3.16. The average molecular weight is 368 g/mol. The first-order valence-electron chi connectivity index (χ1n) is 7.43. The number of hydrogen-bond donors (Lipinski definition) is 0. The van der Waals surface area contributed by atoms with Crippen molar-refractivity contribution in [2.24, 2.45) is 0 Å². The second kappa shape index (κ2) is 6.12. The summed E-state index contributed by atoms with van der Waals surface area (Å²) in [5, 5.41) is 15.0. The summed E-state index contributed by atoms with van der Waals surface area (Å²) < 4.78 is 14.5. The molecule has 2 aromatic carbocycles. The van der Waals surface area contributed by atoms with E-state index in [4.69, 9.17) is 0 Å². The van der Waals surface area contributed by atoms with E-state index < -0.39 is 4.92 Å². The van der Waals surface area contributed by atoms with Gasteiger partial charge in [0.1, 0.15) is 5.82 Å². The molecule has 2 aromatic heterocycles. The van der Waals surface area contributed by atoms with Crippen LogP contribution in [0, 0.1) is 15.9 Å². The van der Waals surface area contributed by atoms with Crippen molar-refractivity contribution in [1.29, 1.82) is 0 Å². The lowest BCUT2D eigenvalue weighted by atomic mass is 10.2. The first-order chi connectivity index (χ1) is 12.5. The van der Waals surface area contributed by atoms with Crippen LogP contribution in [0.3, 0.4) is 0 Å². The predicted molar refractivity (Wildman–Crippen MR) is 94.4 cm³/mol. The van der Waals surface area contributed by atoms with Gasteiger partial charge in [0, 0.05) is 17.7 Å². The van der Waals surface area contributed by atoms with E-state index in [0.29, 0.717) is 26.4 Å². The highest BCUT2D eigenvalue weighted by Gasteiger charge is 2.12. The zero-order chi connectivity index (χ0) is 18.3. The summed E-state index contributed by atoms with van der Waals surface area (Å²) in [4.78, 5) is 27.5. The number of aromatic nitrogens is 3. The summed E-state index contributed by atoms with van der Waals surface area (Å²) in [5.41, 5.74) is 0.729. The number of nitro benzene ring substituents is 1. The third kappa shape index (κ3) is 2.84. The molecule has 0 aliphatic heterocycles. The highest BCUT2D eigenvalue weighted by molar-refractivity contribution is 7.15. The van der Waals surface area contributed by atoms with E-state index >= 15 is 0 Å². The van der Waals surface area contributed by atoms with Gasteiger partial charge in [-0.15, -0.1) is 5.10 Å². The Morgan fingerprint density at radius 2 is 1.96 bits per heavy atom. The van der Waals surface area contributed by atoms with E-state index in [2.05, 4.69) is 10.1 Å². The van der Waals surface area contributed by atoms with E-state index in [-0.39, 0.29) is 17.1 Å². The fourth-order valence-corrected chi connectivity index (χ4v) is 3.34. The van der Waals surface area contributed by atoms with Crippen molar-refractivity contribution in [2.45, 2.75) is 0 Å². The number of benzene rings is 2. The minimum atomic E-state index is -0.493. The van der Waals surface area contributed by atoms with E-state index in [1.54, 1.807) is 18.2 Å². The van der Waals surface area contributed by atoms with Crippen LogP contribution in [0.15, 0.2) is 53.3 Å². The van der Waals surface area contributed by atoms with Gasteiger partial charge in [-0.3, -0.25) is 14.9 Å². The molecule has 0 saturated heterocycles. The topological polar surface area (TPSA) is 90.4 Å². The second-order valence-corrected chi connectivity index (χ2v) is 6.41. The normalized spacial score (nSPS) is 12.0. The summed E-state index contributed by atoms with van der Waals surface area (Å²) in [6, 6.07) is 11.7. The number of hydrogen-bond acceptors (Lipinski definition) is 6. The zero-order valence-corrected chi connectivity index (χ0v) is 13.8. The summed E-state index contributed by atoms with van der Waals surface area (Å²) >= 11 is 1.13. The van der Waals surface area contributed by atoms with Gasteiger partial charge < -0.3 is 0 Å². The highest BCUT2D eigenvalue weighted by Crippen LogP contribution is 2.17. The minimum Gasteiger partial charge on any atom is -0.266 e. The summed E-state index contributed by atoms with van der Waals surface area (Å²) in [6.45, 7) is 0. The molecule has 2 heterocycles. The van der Waals surface area contributed by atoms with E-state index in [0.717, 1.165) is 11.3 Å². The lowest BCUT2D eigenvalue weighted by Gasteiger charge is -1.93. The number of thiazole rings is 1. The van der Waals surface area contributed by atoms with E-state index in [1.807, 2.05) is 0 Å². The molecule has 128 valence electrons. The lowest BCUT2D eigenvalue weighted by molar-refractivity contribution is -0.384. The van der Waals surface area contributed by atoms with Gasteiger partial charge in [-0.05, 0) is 35.9 Å². The van der Waals surface area contributed by atoms with Crippen molar-refractivity contribution < 1.29 is 9.31 Å². The highest BCUT2D eigenvalue weighted by atomic mass is 32.1. The van der Waals surface area contributed by atoms with Crippen molar-refractivity contribution in [3.63, 3.8) is 0 Å². The first-order valence-corrected chi connectivity index (χ1v) is 8.24. The van der Waals surface area contributed by atoms with Gasteiger partial charge in [-0.2, -0.15) is 9.50 Å². The molecule has 0 N–H and O–H groups in total. The van der Waals surface area contributed by atoms with E-state index in [1.165, 1.54) is 40.9 Å². The molecule has 0 atom stereocenters. The maximum Gasteiger partial charge on any atom is 0.291 e. The third-order valence-corrected chi connectivity index (χ3v) is 4.62. The van der Waals surface area contributed by atoms with Crippen molar-refractivity contribution in [3.05, 3.63) is 84.9 Å². The lowest BCUT2D eigenvalue weighted by Crippen LogP contribution is -2.23. The van der Waals surface area contributed by atoms with Crippen LogP contribution in [-0.4, -0.2) is 19.5 Å². The maximum atomic E-state index is 13.0. The Hall–Kier alpha value is -3.46. The van der Waals surface area contributed by atoms with Crippen molar-refractivity contribution in [2.75, 3.05) is 0 Å². The molecule has 7 nitrogen and oxygen atoms in total. The van der Waals surface area contributed by atoms with Gasteiger partial charge in [-0.25, -0.2) is 4.39 Å². The molecule has 0 saturated carbocycles. The third-order valence-electron chi connectivity index (χ3n) is 3.66. The van der Waals surface area contributed by atoms with Crippen LogP contribution in [0.5, 0.6) is 0 Å². The van der Waals surface area contributed by atoms with Crippen LogP contribution in [0.1, 0.15) is 5.56 Å². The number of nitro groups is 1. The van der Waals surface area contributed by atoms with Crippen LogP contribution in [-0.2, 0) is 0 Å². The Morgan fingerprint density at radius 3 is 2.65 bits per heavy atom.